The maximum atomic E-state index is 4.53. The zero-order valence-corrected chi connectivity index (χ0v) is 12.1. The Balaban J connectivity index is 2.03. The van der Waals surface area contributed by atoms with Gasteiger partial charge >= 0.3 is 0 Å². The molecular formula is C14H26N4. The fraction of sp³-hybridized carbons (Fsp3) is 0.786. The minimum Gasteiger partial charge on any atom is -0.342 e. The molecule has 0 amide bonds. The van der Waals surface area contributed by atoms with E-state index >= 15 is 0 Å². The van der Waals surface area contributed by atoms with Crippen LogP contribution < -0.4 is 10.2 Å². The summed E-state index contributed by atoms with van der Waals surface area (Å²) < 4.78 is 2.28. The van der Waals surface area contributed by atoms with Crippen molar-refractivity contribution in [2.75, 3.05) is 25.0 Å². The molecule has 2 heterocycles. The fourth-order valence-electron chi connectivity index (χ4n) is 2.57. The Kier molecular flexibility index (Phi) is 3.95. The van der Waals surface area contributed by atoms with Crippen molar-refractivity contribution >= 4 is 5.95 Å². The van der Waals surface area contributed by atoms with Gasteiger partial charge in [0.2, 0.25) is 5.95 Å². The zero-order chi connectivity index (χ0) is 13.2. The molecule has 1 saturated heterocycles. The van der Waals surface area contributed by atoms with E-state index in [0.29, 0.717) is 11.5 Å². The van der Waals surface area contributed by atoms with Crippen molar-refractivity contribution in [1.82, 2.24) is 14.9 Å². The van der Waals surface area contributed by atoms with Crippen molar-refractivity contribution < 1.29 is 0 Å². The van der Waals surface area contributed by atoms with E-state index in [9.17, 15) is 0 Å². The Morgan fingerprint density at radius 1 is 1.39 bits per heavy atom. The van der Waals surface area contributed by atoms with Crippen molar-refractivity contribution in [2.45, 2.75) is 45.7 Å². The number of anilines is 1. The van der Waals surface area contributed by atoms with Gasteiger partial charge in [-0.2, -0.15) is 0 Å². The Labute approximate surface area is 110 Å². The van der Waals surface area contributed by atoms with Gasteiger partial charge < -0.3 is 14.8 Å². The van der Waals surface area contributed by atoms with Crippen LogP contribution in [-0.2, 0) is 6.54 Å². The van der Waals surface area contributed by atoms with Gasteiger partial charge in [0, 0.05) is 37.6 Å². The summed E-state index contributed by atoms with van der Waals surface area (Å²) in [5.74, 6) is 1.80. The van der Waals surface area contributed by atoms with Crippen molar-refractivity contribution in [1.29, 1.82) is 0 Å². The molecule has 4 nitrogen and oxygen atoms in total. The fourth-order valence-corrected chi connectivity index (χ4v) is 2.57. The molecule has 0 atom stereocenters. The average Bonchev–Trinajstić information content (AvgIpc) is 2.77. The third kappa shape index (κ3) is 2.86. The molecule has 1 aliphatic heterocycles. The van der Waals surface area contributed by atoms with E-state index in [0.717, 1.165) is 25.6 Å². The minimum atomic E-state index is 0.298. The van der Waals surface area contributed by atoms with Crippen LogP contribution in [0, 0.1) is 5.92 Å². The second kappa shape index (κ2) is 5.31. The van der Waals surface area contributed by atoms with Crippen LogP contribution in [0.2, 0.25) is 0 Å². The van der Waals surface area contributed by atoms with Gasteiger partial charge in [-0.05, 0) is 32.7 Å². The molecule has 0 radical (unpaired) electrons. The molecule has 1 aromatic rings. The van der Waals surface area contributed by atoms with E-state index in [1.807, 2.05) is 6.20 Å². The molecule has 1 fully saturated rings. The largest absolute Gasteiger partial charge is 0.342 e. The second-order valence-corrected chi connectivity index (χ2v) is 6.07. The summed E-state index contributed by atoms with van der Waals surface area (Å²) in [5, 5.41) is 3.44. The van der Waals surface area contributed by atoms with Gasteiger partial charge in [-0.15, -0.1) is 0 Å². The molecule has 2 rings (SSSR count). The number of rotatable bonds is 4. The molecule has 1 aromatic heterocycles. The lowest BCUT2D eigenvalue weighted by molar-refractivity contribution is 0.302. The van der Waals surface area contributed by atoms with E-state index in [2.05, 4.69) is 53.8 Å². The van der Waals surface area contributed by atoms with E-state index < -0.39 is 0 Å². The molecule has 0 spiro atoms. The molecule has 0 unspecified atom stereocenters. The molecule has 0 bridgehead atoms. The standard InChI is InChI=1S/C14H26N4/c1-12(2)11-18-10-7-16-13(18)17-8-5-14(3,15-4)6-9-17/h7,10,12,15H,5-6,8-9,11H2,1-4H3. The maximum absolute atomic E-state index is 4.53. The summed E-state index contributed by atoms with van der Waals surface area (Å²) >= 11 is 0. The van der Waals surface area contributed by atoms with Crippen LogP contribution in [0.1, 0.15) is 33.6 Å². The van der Waals surface area contributed by atoms with E-state index in [1.54, 1.807) is 0 Å². The summed E-state index contributed by atoms with van der Waals surface area (Å²) in [7, 11) is 2.06. The van der Waals surface area contributed by atoms with Crippen LogP contribution in [0.25, 0.3) is 0 Å². The van der Waals surface area contributed by atoms with Crippen molar-refractivity contribution in [3.8, 4) is 0 Å². The summed E-state index contributed by atoms with van der Waals surface area (Å²) in [6, 6.07) is 0. The molecule has 1 N–H and O–H groups in total. The lowest BCUT2D eigenvalue weighted by Crippen LogP contribution is -2.50. The first-order valence-corrected chi connectivity index (χ1v) is 6.99. The summed E-state index contributed by atoms with van der Waals surface area (Å²) in [4.78, 5) is 6.95. The third-order valence-electron chi connectivity index (χ3n) is 4.01. The third-order valence-corrected chi connectivity index (χ3v) is 4.01. The summed E-state index contributed by atoms with van der Waals surface area (Å²) in [6.07, 6.45) is 6.38. The maximum Gasteiger partial charge on any atom is 0.205 e. The summed E-state index contributed by atoms with van der Waals surface area (Å²) in [6.45, 7) is 10.0. The van der Waals surface area contributed by atoms with Gasteiger partial charge in [-0.1, -0.05) is 13.8 Å². The summed E-state index contributed by atoms with van der Waals surface area (Å²) in [5.41, 5.74) is 0.298. The number of piperidine rings is 1. The second-order valence-electron chi connectivity index (χ2n) is 6.07. The normalized spacial score (nSPS) is 19.5. The van der Waals surface area contributed by atoms with Gasteiger partial charge in [0.1, 0.15) is 0 Å². The number of hydrogen-bond donors (Lipinski definition) is 1. The predicted octanol–water partition coefficient (Wildman–Crippen LogP) is 2.12. The molecule has 102 valence electrons. The smallest absolute Gasteiger partial charge is 0.205 e. The quantitative estimate of drug-likeness (QED) is 0.888. The highest BCUT2D eigenvalue weighted by molar-refractivity contribution is 5.32. The van der Waals surface area contributed by atoms with Crippen LogP contribution in [0.15, 0.2) is 12.4 Å². The van der Waals surface area contributed by atoms with Crippen molar-refractivity contribution in [3.05, 3.63) is 12.4 Å². The zero-order valence-electron chi connectivity index (χ0n) is 12.1. The van der Waals surface area contributed by atoms with Crippen LogP contribution in [0.4, 0.5) is 5.95 Å². The van der Waals surface area contributed by atoms with E-state index in [1.165, 1.54) is 12.8 Å². The van der Waals surface area contributed by atoms with Gasteiger partial charge in [0.15, 0.2) is 0 Å². The number of hydrogen-bond acceptors (Lipinski definition) is 3. The van der Waals surface area contributed by atoms with Crippen LogP contribution in [0.5, 0.6) is 0 Å². The lowest BCUT2D eigenvalue weighted by atomic mass is 9.90. The van der Waals surface area contributed by atoms with E-state index in [4.69, 9.17) is 0 Å². The van der Waals surface area contributed by atoms with Crippen LogP contribution >= 0.6 is 0 Å². The monoisotopic (exact) mass is 250 g/mol. The molecule has 4 heteroatoms. The first-order valence-electron chi connectivity index (χ1n) is 6.99. The van der Waals surface area contributed by atoms with Gasteiger partial charge in [-0.3, -0.25) is 0 Å². The Hall–Kier alpha value is -1.03. The first-order chi connectivity index (χ1) is 8.54. The highest BCUT2D eigenvalue weighted by Gasteiger charge is 2.29. The number of nitrogens with one attached hydrogen (secondary N) is 1. The highest BCUT2D eigenvalue weighted by atomic mass is 15.3. The minimum absolute atomic E-state index is 0.298. The van der Waals surface area contributed by atoms with Crippen molar-refractivity contribution in [3.63, 3.8) is 0 Å². The Bertz CT molecular complexity index is 375. The number of nitrogens with zero attached hydrogens (tertiary/aromatic N) is 3. The molecule has 18 heavy (non-hydrogen) atoms. The van der Waals surface area contributed by atoms with Crippen LogP contribution in [0.3, 0.4) is 0 Å². The predicted molar refractivity (Wildman–Crippen MR) is 76.0 cm³/mol. The first kappa shape index (κ1) is 13.4. The van der Waals surface area contributed by atoms with Crippen LogP contribution in [-0.4, -0.2) is 35.2 Å². The molecule has 0 aromatic carbocycles. The molecule has 1 aliphatic rings. The SMILES string of the molecule is CNC1(C)CCN(c2nccn2CC(C)C)CC1. The Morgan fingerprint density at radius 2 is 2.06 bits per heavy atom. The van der Waals surface area contributed by atoms with Gasteiger partial charge in [0.05, 0.1) is 0 Å². The number of aromatic nitrogens is 2. The van der Waals surface area contributed by atoms with E-state index in [-0.39, 0.29) is 0 Å². The lowest BCUT2D eigenvalue weighted by Gasteiger charge is -2.39. The molecule has 0 saturated carbocycles. The average molecular weight is 250 g/mol. The number of imidazole rings is 1. The highest BCUT2D eigenvalue weighted by Crippen LogP contribution is 2.25. The van der Waals surface area contributed by atoms with Crippen molar-refractivity contribution in [2.24, 2.45) is 5.92 Å². The Morgan fingerprint density at radius 3 is 2.61 bits per heavy atom. The molecular weight excluding hydrogens is 224 g/mol. The van der Waals surface area contributed by atoms with Gasteiger partial charge in [-0.25, -0.2) is 4.98 Å². The topological polar surface area (TPSA) is 33.1 Å². The van der Waals surface area contributed by atoms with Gasteiger partial charge in [0.25, 0.3) is 0 Å². The molecule has 0 aliphatic carbocycles.